The van der Waals surface area contributed by atoms with Crippen molar-refractivity contribution in [1.82, 2.24) is 4.90 Å². The van der Waals surface area contributed by atoms with Gasteiger partial charge >= 0.3 is 6.18 Å². The van der Waals surface area contributed by atoms with E-state index in [1.54, 1.807) is 0 Å². The number of ether oxygens (including phenoxy) is 1. The van der Waals surface area contributed by atoms with Gasteiger partial charge in [-0.2, -0.15) is 13.2 Å². The molecule has 0 bridgehead atoms. The highest BCUT2D eigenvalue weighted by Crippen LogP contribution is 2.14. The van der Waals surface area contributed by atoms with E-state index in [0.29, 0.717) is 19.6 Å². The van der Waals surface area contributed by atoms with Crippen LogP contribution in [0.5, 0.6) is 0 Å². The maximum Gasteiger partial charge on any atom is 0.411 e. The van der Waals surface area contributed by atoms with Crippen LogP contribution in [0.4, 0.5) is 13.2 Å². The molecule has 0 spiro atoms. The third-order valence-corrected chi connectivity index (χ3v) is 2.48. The Balaban J connectivity index is 2.32. The molecule has 0 unspecified atom stereocenters. The normalized spacial score (nSPS) is 12.1. The summed E-state index contributed by atoms with van der Waals surface area (Å²) in [6.07, 6.45) is -4.29. The summed E-state index contributed by atoms with van der Waals surface area (Å²) < 4.78 is 40.3. The Morgan fingerprint density at radius 3 is 2.37 bits per heavy atom. The van der Waals surface area contributed by atoms with E-state index in [-0.39, 0.29) is 13.2 Å². The lowest BCUT2D eigenvalue weighted by Crippen LogP contribution is -2.31. The van der Waals surface area contributed by atoms with Crippen molar-refractivity contribution < 1.29 is 23.0 Å². The Kier molecular flexibility index (Phi) is 6.83. The second-order valence-corrected chi connectivity index (χ2v) is 4.15. The lowest BCUT2D eigenvalue weighted by atomic mass is 10.2. The number of alkyl halides is 3. The highest BCUT2D eigenvalue weighted by Gasteiger charge is 2.27. The van der Waals surface area contributed by atoms with E-state index in [4.69, 9.17) is 5.11 Å². The first-order chi connectivity index (χ1) is 9.01. The number of halogens is 3. The Morgan fingerprint density at radius 1 is 1.11 bits per heavy atom. The van der Waals surface area contributed by atoms with Gasteiger partial charge in [0.15, 0.2) is 0 Å². The molecule has 0 aliphatic rings. The van der Waals surface area contributed by atoms with Crippen molar-refractivity contribution in [2.45, 2.75) is 12.7 Å². The van der Waals surface area contributed by atoms with Crippen LogP contribution in [0.3, 0.4) is 0 Å². The Morgan fingerprint density at radius 2 is 1.79 bits per heavy atom. The van der Waals surface area contributed by atoms with Crippen LogP contribution in [0.25, 0.3) is 0 Å². The summed E-state index contributed by atoms with van der Waals surface area (Å²) in [6.45, 7) is 0.0658. The molecule has 0 saturated carbocycles. The van der Waals surface area contributed by atoms with E-state index in [2.05, 4.69) is 4.74 Å². The van der Waals surface area contributed by atoms with Crippen molar-refractivity contribution in [1.29, 1.82) is 0 Å². The third-order valence-electron chi connectivity index (χ3n) is 2.48. The lowest BCUT2D eigenvalue weighted by Gasteiger charge is -2.21. The molecule has 6 heteroatoms. The molecule has 0 aliphatic heterocycles. The predicted molar refractivity (Wildman–Crippen MR) is 65.7 cm³/mol. The summed E-state index contributed by atoms with van der Waals surface area (Å²) in [5.74, 6) is 0. The van der Waals surface area contributed by atoms with Crippen molar-refractivity contribution in [2.75, 3.05) is 32.9 Å². The summed E-state index contributed by atoms with van der Waals surface area (Å²) in [5.41, 5.74) is 1.05. The minimum absolute atomic E-state index is 0.00760. The highest BCUT2D eigenvalue weighted by molar-refractivity contribution is 5.14. The Hall–Kier alpha value is -1.11. The van der Waals surface area contributed by atoms with Crippen molar-refractivity contribution in [3.63, 3.8) is 0 Å². The predicted octanol–water partition coefficient (Wildman–Crippen LogP) is 2.06. The number of hydrogen-bond donors (Lipinski definition) is 1. The van der Waals surface area contributed by atoms with Crippen LogP contribution < -0.4 is 0 Å². The van der Waals surface area contributed by atoms with Crippen LogP contribution in [-0.4, -0.2) is 49.1 Å². The van der Waals surface area contributed by atoms with Crippen molar-refractivity contribution >= 4 is 0 Å². The van der Waals surface area contributed by atoms with Gasteiger partial charge in [-0.3, -0.25) is 4.90 Å². The van der Waals surface area contributed by atoms with Crippen molar-refractivity contribution in [2.24, 2.45) is 0 Å². The van der Waals surface area contributed by atoms with E-state index in [1.165, 1.54) is 0 Å². The van der Waals surface area contributed by atoms with Crippen LogP contribution in [0.2, 0.25) is 0 Å². The first-order valence-corrected chi connectivity index (χ1v) is 6.03. The summed E-state index contributed by atoms with van der Waals surface area (Å²) in [4.78, 5) is 1.85. The maximum atomic E-state index is 11.9. The van der Waals surface area contributed by atoms with Gasteiger partial charge in [0.05, 0.1) is 13.2 Å². The van der Waals surface area contributed by atoms with Gasteiger partial charge in [-0.15, -0.1) is 0 Å². The molecule has 1 N–H and O–H groups in total. The Bertz CT molecular complexity index is 343. The van der Waals surface area contributed by atoms with Crippen molar-refractivity contribution in [3.8, 4) is 0 Å². The van der Waals surface area contributed by atoms with Gasteiger partial charge in [0.2, 0.25) is 0 Å². The quantitative estimate of drug-likeness (QED) is 0.738. The van der Waals surface area contributed by atoms with Gasteiger partial charge in [0, 0.05) is 19.6 Å². The zero-order chi connectivity index (χ0) is 14.1. The number of aliphatic hydroxyl groups excluding tert-OH is 1. The number of nitrogens with zero attached hydrogens (tertiary/aromatic N) is 1. The molecule has 0 aliphatic carbocycles. The van der Waals surface area contributed by atoms with Gasteiger partial charge in [-0.25, -0.2) is 0 Å². The SMILES string of the molecule is OCCN(CCOCC(F)(F)F)Cc1ccccc1. The van der Waals surface area contributed by atoms with Crippen LogP contribution in [0, 0.1) is 0 Å². The topological polar surface area (TPSA) is 32.7 Å². The number of rotatable bonds is 8. The molecule has 0 amide bonds. The molecule has 108 valence electrons. The average molecular weight is 277 g/mol. The molecule has 0 aromatic heterocycles. The summed E-state index contributed by atoms with van der Waals surface area (Å²) >= 11 is 0. The molecule has 19 heavy (non-hydrogen) atoms. The first-order valence-electron chi connectivity index (χ1n) is 6.03. The van der Waals surface area contributed by atoms with Crippen LogP contribution in [-0.2, 0) is 11.3 Å². The second-order valence-electron chi connectivity index (χ2n) is 4.15. The summed E-state index contributed by atoms with van der Waals surface area (Å²) in [7, 11) is 0. The highest BCUT2D eigenvalue weighted by atomic mass is 19.4. The number of benzene rings is 1. The molecule has 3 nitrogen and oxygen atoms in total. The minimum atomic E-state index is -4.29. The van der Waals surface area contributed by atoms with Crippen LogP contribution in [0.15, 0.2) is 30.3 Å². The zero-order valence-corrected chi connectivity index (χ0v) is 10.6. The van der Waals surface area contributed by atoms with E-state index in [1.807, 2.05) is 35.2 Å². The van der Waals surface area contributed by atoms with Crippen LogP contribution >= 0.6 is 0 Å². The smallest absolute Gasteiger partial charge is 0.395 e. The molecule has 0 fully saturated rings. The fourth-order valence-corrected chi connectivity index (χ4v) is 1.63. The minimum Gasteiger partial charge on any atom is -0.395 e. The second kappa shape index (κ2) is 8.14. The first kappa shape index (κ1) is 15.9. The summed E-state index contributed by atoms with van der Waals surface area (Å²) in [5, 5.41) is 8.94. The Labute approximate surface area is 110 Å². The largest absolute Gasteiger partial charge is 0.411 e. The lowest BCUT2D eigenvalue weighted by molar-refractivity contribution is -0.174. The van der Waals surface area contributed by atoms with E-state index < -0.39 is 12.8 Å². The standard InChI is InChI=1S/C13H18F3NO2/c14-13(15,16)11-19-9-7-17(6-8-18)10-12-4-2-1-3-5-12/h1-5,18H,6-11H2. The molecule has 1 aromatic rings. The van der Waals surface area contributed by atoms with Gasteiger partial charge in [0.25, 0.3) is 0 Å². The van der Waals surface area contributed by atoms with E-state index in [0.717, 1.165) is 5.56 Å². The van der Waals surface area contributed by atoms with Crippen LogP contribution in [0.1, 0.15) is 5.56 Å². The van der Waals surface area contributed by atoms with Gasteiger partial charge in [-0.05, 0) is 5.56 Å². The van der Waals surface area contributed by atoms with Crippen molar-refractivity contribution in [3.05, 3.63) is 35.9 Å². The van der Waals surface area contributed by atoms with E-state index >= 15 is 0 Å². The average Bonchev–Trinajstić information content (AvgIpc) is 2.35. The molecule has 1 aromatic carbocycles. The maximum absolute atomic E-state index is 11.9. The fraction of sp³-hybridized carbons (Fsp3) is 0.538. The fourth-order valence-electron chi connectivity index (χ4n) is 1.63. The molecule has 0 atom stereocenters. The molecular formula is C13H18F3NO2. The summed E-state index contributed by atoms with van der Waals surface area (Å²) in [6, 6.07) is 9.55. The van der Waals surface area contributed by atoms with Gasteiger partial charge in [-0.1, -0.05) is 30.3 Å². The number of hydrogen-bond acceptors (Lipinski definition) is 3. The zero-order valence-electron chi connectivity index (χ0n) is 10.6. The molecule has 0 saturated heterocycles. The van der Waals surface area contributed by atoms with E-state index in [9.17, 15) is 13.2 Å². The molecule has 0 radical (unpaired) electrons. The van der Waals surface area contributed by atoms with Gasteiger partial charge in [0.1, 0.15) is 6.61 Å². The monoisotopic (exact) mass is 277 g/mol. The number of aliphatic hydroxyl groups is 1. The third kappa shape index (κ3) is 7.81. The molecule has 1 rings (SSSR count). The van der Waals surface area contributed by atoms with Gasteiger partial charge < -0.3 is 9.84 Å². The molecule has 0 heterocycles. The molecular weight excluding hydrogens is 259 g/mol.